The second kappa shape index (κ2) is 8.53. The maximum absolute atomic E-state index is 12.5. The van der Waals surface area contributed by atoms with E-state index in [2.05, 4.69) is 5.32 Å². The number of halogens is 3. The molecule has 0 radical (unpaired) electrons. The first kappa shape index (κ1) is 19.8. The molecule has 0 aliphatic carbocycles. The van der Waals surface area contributed by atoms with E-state index < -0.39 is 29.7 Å². The van der Waals surface area contributed by atoms with Gasteiger partial charge in [0.1, 0.15) is 18.4 Å². The summed E-state index contributed by atoms with van der Waals surface area (Å²) in [6.45, 7) is 1.42. The smallest absolute Gasteiger partial charge is 0.416 e. The van der Waals surface area contributed by atoms with Crippen LogP contribution in [-0.4, -0.2) is 54.7 Å². The lowest BCUT2D eigenvalue weighted by atomic mass is 10.2. The molecule has 9 heteroatoms. The predicted octanol–water partition coefficient (Wildman–Crippen LogP) is 1.61. The van der Waals surface area contributed by atoms with Crippen LogP contribution in [0.2, 0.25) is 0 Å². The van der Waals surface area contributed by atoms with Gasteiger partial charge < -0.3 is 15.2 Å². The summed E-state index contributed by atoms with van der Waals surface area (Å²) in [5, 5.41) is 11.3. The van der Waals surface area contributed by atoms with Crippen molar-refractivity contribution < 1.29 is 32.6 Å². The Morgan fingerprint density at radius 3 is 2.62 bits per heavy atom. The number of carboxylic acid groups (broad SMARTS) is 1. The highest BCUT2D eigenvalue weighted by Gasteiger charge is 2.30. The molecule has 0 aliphatic rings. The Balaban J connectivity index is 2.36. The van der Waals surface area contributed by atoms with Crippen molar-refractivity contribution in [1.29, 1.82) is 0 Å². The van der Waals surface area contributed by atoms with Gasteiger partial charge in [0.15, 0.2) is 0 Å². The van der Waals surface area contributed by atoms with E-state index in [9.17, 15) is 22.8 Å². The number of carboxylic acids is 1. The van der Waals surface area contributed by atoms with Crippen molar-refractivity contribution in [3.05, 3.63) is 29.8 Å². The number of nitrogens with zero attached hydrogens (tertiary/aromatic N) is 1. The third-order valence-electron chi connectivity index (χ3n) is 3.27. The number of amides is 1. The van der Waals surface area contributed by atoms with Gasteiger partial charge in [-0.05, 0) is 32.2 Å². The minimum absolute atomic E-state index is 0.00868. The second-order valence-electron chi connectivity index (χ2n) is 5.15. The fourth-order valence-corrected chi connectivity index (χ4v) is 1.73. The summed E-state index contributed by atoms with van der Waals surface area (Å²) in [4.78, 5) is 23.7. The molecule has 0 saturated carbocycles. The molecule has 0 aromatic heterocycles. The van der Waals surface area contributed by atoms with Crippen molar-refractivity contribution in [3.63, 3.8) is 0 Å². The number of carbonyl (C=O) groups excluding carboxylic acids is 1. The molecular formula is C15H19F3N2O4. The average Bonchev–Trinajstić information content (AvgIpc) is 2.50. The van der Waals surface area contributed by atoms with E-state index in [4.69, 9.17) is 9.84 Å². The van der Waals surface area contributed by atoms with E-state index in [1.807, 2.05) is 0 Å². The normalized spacial score (nSPS) is 12.8. The maximum Gasteiger partial charge on any atom is 0.416 e. The van der Waals surface area contributed by atoms with Crippen LogP contribution in [0.3, 0.4) is 0 Å². The maximum atomic E-state index is 12.5. The Morgan fingerprint density at radius 2 is 2.04 bits per heavy atom. The molecule has 0 aliphatic heterocycles. The zero-order valence-electron chi connectivity index (χ0n) is 13.3. The number of likely N-dealkylation sites (N-methyl/N-ethyl adjacent to an activating group) is 1. The molecule has 134 valence electrons. The van der Waals surface area contributed by atoms with E-state index in [1.165, 1.54) is 31.0 Å². The quantitative estimate of drug-likeness (QED) is 0.698. The number of nitrogens with one attached hydrogen (secondary N) is 1. The van der Waals surface area contributed by atoms with Crippen molar-refractivity contribution in [1.82, 2.24) is 10.2 Å². The molecule has 0 spiro atoms. The third-order valence-corrected chi connectivity index (χ3v) is 3.27. The zero-order valence-corrected chi connectivity index (χ0v) is 13.3. The highest BCUT2D eigenvalue weighted by atomic mass is 19.4. The van der Waals surface area contributed by atoms with Crippen LogP contribution in [0.1, 0.15) is 12.5 Å². The first-order chi connectivity index (χ1) is 11.1. The summed E-state index contributed by atoms with van der Waals surface area (Å²) in [5.74, 6) is -1.40. The van der Waals surface area contributed by atoms with Crippen LogP contribution >= 0.6 is 0 Å². The van der Waals surface area contributed by atoms with E-state index in [-0.39, 0.29) is 25.4 Å². The Morgan fingerprint density at radius 1 is 1.38 bits per heavy atom. The van der Waals surface area contributed by atoms with Crippen molar-refractivity contribution in [2.24, 2.45) is 0 Å². The lowest BCUT2D eigenvalue weighted by molar-refractivity contribution is -0.142. The molecule has 2 N–H and O–H groups in total. The summed E-state index contributed by atoms with van der Waals surface area (Å²) in [6, 6.07) is 3.63. The van der Waals surface area contributed by atoms with Gasteiger partial charge in [-0.2, -0.15) is 13.2 Å². The molecule has 24 heavy (non-hydrogen) atoms. The number of carbonyl (C=O) groups is 2. The molecule has 1 aromatic carbocycles. The van der Waals surface area contributed by atoms with Crippen LogP contribution in [0.5, 0.6) is 5.75 Å². The fourth-order valence-electron chi connectivity index (χ4n) is 1.73. The topological polar surface area (TPSA) is 78.9 Å². The molecule has 1 unspecified atom stereocenters. The first-order valence-corrected chi connectivity index (χ1v) is 7.11. The predicted molar refractivity (Wildman–Crippen MR) is 79.7 cm³/mol. The van der Waals surface area contributed by atoms with Crippen LogP contribution < -0.4 is 10.1 Å². The van der Waals surface area contributed by atoms with Crippen molar-refractivity contribution in [2.75, 3.05) is 26.7 Å². The summed E-state index contributed by atoms with van der Waals surface area (Å²) in [6.07, 6.45) is -4.45. The van der Waals surface area contributed by atoms with Crippen molar-refractivity contribution >= 4 is 11.9 Å². The minimum Gasteiger partial charge on any atom is -0.492 e. The Bertz CT molecular complexity index is 578. The molecule has 6 nitrogen and oxygen atoms in total. The molecule has 0 heterocycles. The minimum atomic E-state index is -4.45. The van der Waals surface area contributed by atoms with Gasteiger partial charge in [0.05, 0.1) is 18.7 Å². The van der Waals surface area contributed by atoms with Gasteiger partial charge in [-0.1, -0.05) is 6.07 Å². The van der Waals surface area contributed by atoms with Crippen LogP contribution in [0.4, 0.5) is 13.2 Å². The molecular weight excluding hydrogens is 329 g/mol. The van der Waals surface area contributed by atoms with Crippen LogP contribution in [0, 0.1) is 0 Å². The van der Waals surface area contributed by atoms with Gasteiger partial charge in [-0.3, -0.25) is 14.5 Å². The average molecular weight is 348 g/mol. The largest absolute Gasteiger partial charge is 0.492 e. The van der Waals surface area contributed by atoms with Gasteiger partial charge in [-0.15, -0.1) is 0 Å². The highest BCUT2D eigenvalue weighted by molar-refractivity contribution is 5.79. The summed E-state index contributed by atoms with van der Waals surface area (Å²) in [7, 11) is 1.50. The molecule has 0 bridgehead atoms. The van der Waals surface area contributed by atoms with E-state index in [1.54, 1.807) is 0 Å². The number of aliphatic carboxylic acids is 1. The monoisotopic (exact) mass is 348 g/mol. The summed E-state index contributed by atoms with van der Waals surface area (Å²) >= 11 is 0. The highest BCUT2D eigenvalue weighted by Crippen LogP contribution is 2.31. The summed E-state index contributed by atoms with van der Waals surface area (Å²) in [5.41, 5.74) is -0.812. The molecule has 1 amide bonds. The number of hydrogen-bond acceptors (Lipinski definition) is 4. The van der Waals surface area contributed by atoms with E-state index >= 15 is 0 Å². The van der Waals surface area contributed by atoms with E-state index in [0.717, 1.165) is 12.1 Å². The number of ether oxygens (including phenoxy) is 1. The van der Waals surface area contributed by atoms with Crippen molar-refractivity contribution in [3.8, 4) is 5.75 Å². The SMILES string of the molecule is CC(C(=O)O)N(C)CC(=O)NCCOc1cccc(C(F)(F)F)c1. The van der Waals surface area contributed by atoms with Gasteiger partial charge in [0.2, 0.25) is 5.91 Å². The Hall–Kier alpha value is -2.29. The lowest BCUT2D eigenvalue weighted by Gasteiger charge is -2.20. The molecule has 0 saturated heterocycles. The third kappa shape index (κ3) is 6.45. The van der Waals surface area contributed by atoms with Gasteiger partial charge in [0, 0.05) is 0 Å². The van der Waals surface area contributed by atoms with Crippen molar-refractivity contribution in [2.45, 2.75) is 19.1 Å². The van der Waals surface area contributed by atoms with Crippen LogP contribution in [0.15, 0.2) is 24.3 Å². The molecule has 1 atom stereocenters. The lowest BCUT2D eigenvalue weighted by Crippen LogP contribution is -2.43. The molecule has 1 aromatic rings. The van der Waals surface area contributed by atoms with E-state index in [0.29, 0.717) is 0 Å². The molecule has 1 rings (SSSR count). The summed E-state index contributed by atoms with van der Waals surface area (Å²) < 4.78 is 42.8. The van der Waals surface area contributed by atoms with Crippen LogP contribution in [0.25, 0.3) is 0 Å². The molecule has 0 fully saturated rings. The van der Waals surface area contributed by atoms with Gasteiger partial charge in [0.25, 0.3) is 0 Å². The standard InChI is InChI=1S/C15H19F3N2O4/c1-10(14(22)23)20(2)9-13(21)19-6-7-24-12-5-3-4-11(8-12)15(16,17)18/h3-5,8,10H,6-7,9H2,1-2H3,(H,19,21)(H,22,23). The number of benzene rings is 1. The second-order valence-corrected chi connectivity index (χ2v) is 5.15. The fraction of sp³-hybridized carbons (Fsp3) is 0.467. The van der Waals surface area contributed by atoms with Gasteiger partial charge >= 0.3 is 12.1 Å². The van der Waals surface area contributed by atoms with Crippen LogP contribution in [-0.2, 0) is 15.8 Å². The first-order valence-electron chi connectivity index (χ1n) is 7.11. The van der Waals surface area contributed by atoms with Gasteiger partial charge in [-0.25, -0.2) is 0 Å². The number of hydrogen-bond donors (Lipinski definition) is 2. The Kier molecular flexibility index (Phi) is 7.02. The Labute approximate surface area is 137 Å². The number of alkyl halides is 3. The zero-order chi connectivity index (χ0) is 18.3. The number of rotatable bonds is 8.